The van der Waals surface area contributed by atoms with Crippen LogP contribution in [0.1, 0.15) is 20.3 Å². The largest absolute Gasteiger partial charge is 0.480 e. The molecule has 3 aromatic rings. The van der Waals surface area contributed by atoms with Crippen molar-refractivity contribution in [1.29, 1.82) is 0 Å². The van der Waals surface area contributed by atoms with Gasteiger partial charge in [-0.3, -0.25) is 0 Å². The SMILES string of the molecule is CCOc1cccc(-c2cc(N3C[C@@H](Oc4ncc(Cl)cc4N4CCOC5(COC5)[C@@H]4C)C[C@H]3C(=O)O)nc(OC)n2)n1. The van der Waals surface area contributed by atoms with Crippen LogP contribution in [0.15, 0.2) is 36.5 Å². The fraction of sp³-hybridized carbons (Fsp3) is 0.483. The van der Waals surface area contributed by atoms with Gasteiger partial charge in [0.2, 0.25) is 11.8 Å². The average molecular weight is 613 g/mol. The first-order valence-corrected chi connectivity index (χ1v) is 14.5. The zero-order valence-electron chi connectivity index (χ0n) is 24.1. The molecule has 3 saturated heterocycles. The van der Waals surface area contributed by atoms with Gasteiger partial charge in [-0.15, -0.1) is 0 Å². The lowest BCUT2D eigenvalue weighted by Gasteiger charge is -2.53. The monoisotopic (exact) mass is 612 g/mol. The summed E-state index contributed by atoms with van der Waals surface area (Å²) in [5.41, 5.74) is 1.34. The van der Waals surface area contributed by atoms with Crippen LogP contribution in [0, 0.1) is 0 Å². The Morgan fingerprint density at radius 2 is 2.02 bits per heavy atom. The highest BCUT2D eigenvalue weighted by Gasteiger charge is 2.50. The Kier molecular flexibility index (Phi) is 8.12. The number of methoxy groups -OCH3 is 1. The summed E-state index contributed by atoms with van der Waals surface area (Å²) in [6.07, 6.45) is 1.23. The topological polar surface area (TPSA) is 141 Å². The van der Waals surface area contributed by atoms with E-state index in [0.29, 0.717) is 67.0 Å². The van der Waals surface area contributed by atoms with Crippen molar-refractivity contribution in [3.05, 3.63) is 41.6 Å². The van der Waals surface area contributed by atoms with Gasteiger partial charge in [0.15, 0.2) is 0 Å². The fourth-order valence-electron chi connectivity index (χ4n) is 5.71. The number of ether oxygens (including phenoxy) is 5. The number of morpholine rings is 1. The molecular formula is C29H33ClN6O7. The predicted molar refractivity (Wildman–Crippen MR) is 156 cm³/mol. The highest BCUT2D eigenvalue weighted by molar-refractivity contribution is 6.30. The number of aliphatic carboxylic acids is 1. The first kappa shape index (κ1) is 29.1. The van der Waals surface area contributed by atoms with E-state index in [-0.39, 0.29) is 25.0 Å². The van der Waals surface area contributed by atoms with Crippen LogP contribution in [0.25, 0.3) is 11.4 Å². The molecule has 1 spiro atoms. The summed E-state index contributed by atoms with van der Waals surface area (Å²) in [6, 6.07) is 8.05. The van der Waals surface area contributed by atoms with Gasteiger partial charge in [-0.1, -0.05) is 17.7 Å². The molecule has 3 fully saturated rings. The molecule has 6 rings (SSSR count). The van der Waals surface area contributed by atoms with Crippen molar-refractivity contribution in [3.8, 4) is 29.2 Å². The van der Waals surface area contributed by atoms with Crippen LogP contribution >= 0.6 is 11.6 Å². The van der Waals surface area contributed by atoms with E-state index < -0.39 is 23.7 Å². The molecule has 6 heterocycles. The Morgan fingerprint density at radius 3 is 2.74 bits per heavy atom. The summed E-state index contributed by atoms with van der Waals surface area (Å²) in [7, 11) is 1.46. The molecule has 1 N–H and O–H groups in total. The minimum atomic E-state index is -1.00. The number of hydrogen-bond donors (Lipinski definition) is 1. The van der Waals surface area contributed by atoms with Gasteiger partial charge in [0, 0.05) is 31.3 Å². The first-order valence-electron chi connectivity index (χ1n) is 14.1. The molecule has 0 unspecified atom stereocenters. The lowest BCUT2D eigenvalue weighted by molar-refractivity contribution is -0.228. The zero-order valence-corrected chi connectivity index (χ0v) is 24.9. The Morgan fingerprint density at radius 1 is 1.19 bits per heavy atom. The van der Waals surface area contributed by atoms with E-state index in [1.165, 1.54) is 13.3 Å². The molecule has 0 amide bonds. The Labute approximate surface area is 253 Å². The quantitative estimate of drug-likeness (QED) is 0.378. The van der Waals surface area contributed by atoms with Gasteiger partial charge in [0.1, 0.15) is 29.3 Å². The number of halogens is 1. The van der Waals surface area contributed by atoms with Crippen LogP contribution in [0.5, 0.6) is 17.8 Å². The van der Waals surface area contributed by atoms with E-state index in [9.17, 15) is 9.90 Å². The number of pyridine rings is 2. The maximum absolute atomic E-state index is 12.5. The molecule has 0 aliphatic carbocycles. The molecule has 13 nitrogen and oxygen atoms in total. The van der Waals surface area contributed by atoms with Crippen LogP contribution in [0.3, 0.4) is 0 Å². The molecule has 3 aliphatic rings. The molecule has 0 aromatic carbocycles. The molecule has 43 heavy (non-hydrogen) atoms. The second-order valence-electron chi connectivity index (χ2n) is 10.6. The third-order valence-corrected chi connectivity index (χ3v) is 8.23. The Hall–Kier alpha value is -3.94. The fourth-order valence-corrected chi connectivity index (χ4v) is 5.86. The van der Waals surface area contributed by atoms with Gasteiger partial charge in [-0.05, 0) is 26.0 Å². The average Bonchev–Trinajstić information content (AvgIpc) is 3.42. The summed E-state index contributed by atoms with van der Waals surface area (Å²) in [5, 5.41) is 10.7. The van der Waals surface area contributed by atoms with Gasteiger partial charge in [0.05, 0.1) is 62.5 Å². The molecule has 3 atom stereocenters. The summed E-state index contributed by atoms with van der Waals surface area (Å²) in [5.74, 6) is 0.206. The molecule has 0 saturated carbocycles. The number of nitrogens with zero attached hydrogens (tertiary/aromatic N) is 6. The third kappa shape index (κ3) is 5.71. The lowest BCUT2D eigenvalue weighted by atomic mass is 9.90. The number of hydrogen-bond acceptors (Lipinski definition) is 12. The van der Waals surface area contributed by atoms with Crippen molar-refractivity contribution >= 4 is 29.1 Å². The highest BCUT2D eigenvalue weighted by atomic mass is 35.5. The van der Waals surface area contributed by atoms with E-state index >= 15 is 0 Å². The maximum Gasteiger partial charge on any atom is 0.326 e. The predicted octanol–water partition coefficient (Wildman–Crippen LogP) is 3.10. The Balaban J connectivity index is 1.28. The number of aromatic nitrogens is 4. The zero-order chi connectivity index (χ0) is 30.1. The van der Waals surface area contributed by atoms with Crippen molar-refractivity contribution in [2.45, 2.75) is 44.1 Å². The van der Waals surface area contributed by atoms with E-state index in [2.05, 4.69) is 31.8 Å². The van der Waals surface area contributed by atoms with E-state index in [1.807, 2.05) is 19.1 Å². The third-order valence-electron chi connectivity index (χ3n) is 8.02. The lowest BCUT2D eigenvalue weighted by Crippen LogP contribution is -2.68. The summed E-state index contributed by atoms with van der Waals surface area (Å²) in [4.78, 5) is 34.3. The van der Waals surface area contributed by atoms with E-state index in [1.54, 1.807) is 23.1 Å². The Bertz CT molecular complexity index is 1490. The molecule has 3 aliphatic heterocycles. The first-order chi connectivity index (χ1) is 20.8. The van der Waals surface area contributed by atoms with Crippen molar-refractivity contribution in [2.24, 2.45) is 0 Å². The second-order valence-corrected chi connectivity index (χ2v) is 11.1. The van der Waals surface area contributed by atoms with Crippen molar-refractivity contribution < 1.29 is 33.6 Å². The highest BCUT2D eigenvalue weighted by Crippen LogP contribution is 2.40. The number of carbonyl (C=O) groups is 1. The van der Waals surface area contributed by atoms with Crippen LogP contribution in [0.4, 0.5) is 11.5 Å². The molecule has 14 heteroatoms. The summed E-state index contributed by atoms with van der Waals surface area (Å²) in [6.45, 7) is 6.85. The number of carboxylic acids is 1. The van der Waals surface area contributed by atoms with Gasteiger partial charge in [-0.2, -0.15) is 9.97 Å². The van der Waals surface area contributed by atoms with Gasteiger partial charge >= 0.3 is 12.0 Å². The van der Waals surface area contributed by atoms with Crippen LogP contribution in [0.2, 0.25) is 5.02 Å². The van der Waals surface area contributed by atoms with E-state index in [0.717, 1.165) is 5.69 Å². The van der Waals surface area contributed by atoms with Gasteiger partial charge in [-0.25, -0.2) is 14.8 Å². The standard InChI is InChI=1S/C29H33ClN6O7/c1-4-41-25-7-5-6-20(32-25)21-12-24(34-28(33-21)39-3)36-14-19(11-23(36)27(37)38)43-26-22(10-18(30)13-31-26)35-8-9-42-29(17(35)2)15-40-16-29/h5-7,10,12-13,17,19,23H,4,8-9,11,14-16H2,1-3H3,(H,37,38)/t17-,19-,23-/m0/s1. The van der Waals surface area contributed by atoms with Gasteiger partial charge < -0.3 is 38.6 Å². The number of anilines is 2. The summed E-state index contributed by atoms with van der Waals surface area (Å²) >= 11 is 6.38. The minimum Gasteiger partial charge on any atom is -0.480 e. The van der Waals surface area contributed by atoms with Crippen molar-refractivity contribution in [2.75, 3.05) is 56.4 Å². The molecule has 3 aromatic heterocycles. The smallest absolute Gasteiger partial charge is 0.326 e. The van der Waals surface area contributed by atoms with Gasteiger partial charge in [0.25, 0.3) is 0 Å². The normalized spacial score (nSPS) is 22.7. The van der Waals surface area contributed by atoms with Crippen molar-refractivity contribution in [1.82, 2.24) is 19.9 Å². The summed E-state index contributed by atoms with van der Waals surface area (Å²) < 4.78 is 28.9. The molecular weight excluding hydrogens is 580 g/mol. The molecule has 228 valence electrons. The van der Waals surface area contributed by atoms with Crippen LogP contribution in [-0.4, -0.2) is 101 Å². The minimum absolute atomic E-state index is 0.00814. The van der Waals surface area contributed by atoms with E-state index in [4.69, 9.17) is 35.3 Å². The van der Waals surface area contributed by atoms with Crippen LogP contribution < -0.4 is 24.0 Å². The molecule has 0 bridgehead atoms. The number of rotatable bonds is 9. The second kappa shape index (κ2) is 12.0. The number of carboxylic acid groups (broad SMARTS) is 1. The van der Waals surface area contributed by atoms with Crippen LogP contribution in [-0.2, 0) is 14.3 Å². The maximum atomic E-state index is 12.5. The molecule has 0 radical (unpaired) electrons. The van der Waals surface area contributed by atoms with Crippen molar-refractivity contribution in [3.63, 3.8) is 0 Å².